The Bertz CT molecular complexity index is 450. The van der Waals surface area contributed by atoms with Crippen LogP contribution in [0.4, 0.5) is 0 Å². The Morgan fingerprint density at radius 3 is 2.29 bits per heavy atom. The summed E-state index contributed by atoms with van der Waals surface area (Å²) in [5.74, 6) is 0. The Morgan fingerprint density at radius 2 is 1.76 bits per heavy atom. The molecule has 0 aromatic heterocycles. The van der Waals surface area contributed by atoms with Gasteiger partial charge in [-0.05, 0) is 37.0 Å². The van der Waals surface area contributed by atoms with Gasteiger partial charge in [0.2, 0.25) is 0 Å². The molecule has 1 heterocycles. The third kappa shape index (κ3) is 3.67. The number of halogens is 1. The fraction of sp³-hybridized carbons (Fsp3) is 0.647. The molecule has 2 atom stereocenters. The van der Waals surface area contributed by atoms with Gasteiger partial charge in [-0.1, -0.05) is 35.0 Å². The minimum absolute atomic E-state index is 0.207. The highest BCUT2D eigenvalue weighted by molar-refractivity contribution is 9.10. The summed E-state index contributed by atoms with van der Waals surface area (Å²) in [6.07, 6.45) is 3.83. The molecule has 1 saturated heterocycles. The minimum Gasteiger partial charge on any atom is -0.326 e. The van der Waals surface area contributed by atoms with E-state index in [1.54, 1.807) is 0 Å². The van der Waals surface area contributed by atoms with Gasteiger partial charge in [-0.15, -0.1) is 0 Å². The van der Waals surface area contributed by atoms with E-state index in [4.69, 9.17) is 5.73 Å². The fourth-order valence-corrected chi connectivity index (χ4v) is 3.70. The molecule has 21 heavy (non-hydrogen) atoms. The van der Waals surface area contributed by atoms with Crippen LogP contribution in [0.5, 0.6) is 0 Å². The molecule has 116 valence electrons. The Morgan fingerprint density at radius 1 is 1.14 bits per heavy atom. The van der Waals surface area contributed by atoms with Gasteiger partial charge >= 0.3 is 0 Å². The number of benzene rings is 1. The van der Waals surface area contributed by atoms with Crippen LogP contribution in [-0.4, -0.2) is 48.1 Å². The van der Waals surface area contributed by atoms with E-state index in [9.17, 15) is 0 Å². The summed E-state index contributed by atoms with van der Waals surface area (Å²) in [5, 5.41) is 0. The summed E-state index contributed by atoms with van der Waals surface area (Å²) in [7, 11) is 0. The summed E-state index contributed by atoms with van der Waals surface area (Å²) in [6.45, 7) is 6.88. The van der Waals surface area contributed by atoms with Crippen LogP contribution in [0, 0.1) is 0 Å². The summed E-state index contributed by atoms with van der Waals surface area (Å²) < 4.78 is 1.13. The molecule has 1 aromatic carbocycles. The van der Waals surface area contributed by atoms with Crippen molar-refractivity contribution in [1.82, 2.24) is 9.80 Å². The van der Waals surface area contributed by atoms with Crippen molar-refractivity contribution in [2.45, 2.75) is 44.3 Å². The molecule has 2 unspecified atom stereocenters. The molecule has 1 aliphatic heterocycles. The third-order valence-electron chi connectivity index (χ3n) is 4.89. The lowest BCUT2D eigenvalue weighted by molar-refractivity contribution is 0.0795. The highest BCUT2D eigenvalue weighted by atomic mass is 79.9. The number of nitrogens with zero attached hydrogens (tertiary/aromatic N) is 2. The lowest BCUT2D eigenvalue weighted by Gasteiger charge is -2.41. The van der Waals surface area contributed by atoms with Crippen molar-refractivity contribution in [3.8, 4) is 0 Å². The van der Waals surface area contributed by atoms with Crippen LogP contribution in [0.2, 0.25) is 0 Å². The summed E-state index contributed by atoms with van der Waals surface area (Å²) in [5.41, 5.74) is 7.81. The van der Waals surface area contributed by atoms with Crippen molar-refractivity contribution in [1.29, 1.82) is 0 Å². The maximum atomic E-state index is 6.46. The zero-order valence-corrected chi connectivity index (χ0v) is 14.4. The topological polar surface area (TPSA) is 32.5 Å². The van der Waals surface area contributed by atoms with E-state index in [-0.39, 0.29) is 6.04 Å². The molecule has 3 nitrogen and oxygen atoms in total. The molecule has 2 fully saturated rings. The van der Waals surface area contributed by atoms with E-state index < -0.39 is 0 Å². The predicted molar refractivity (Wildman–Crippen MR) is 91.3 cm³/mol. The van der Waals surface area contributed by atoms with Gasteiger partial charge in [-0.3, -0.25) is 9.80 Å². The zero-order chi connectivity index (χ0) is 14.8. The van der Waals surface area contributed by atoms with Crippen LogP contribution in [0.25, 0.3) is 0 Å². The van der Waals surface area contributed by atoms with Crippen LogP contribution in [-0.2, 0) is 0 Å². The van der Waals surface area contributed by atoms with Crippen molar-refractivity contribution in [3.63, 3.8) is 0 Å². The standard InChI is InChI=1S/C17H26BrN3/c1-2-16(19)17(13-3-5-14(18)6-4-13)21-11-9-20(10-12-21)15-7-8-15/h3-6,15-17H,2,7-12,19H2,1H3. The van der Waals surface area contributed by atoms with Gasteiger partial charge < -0.3 is 5.73 Å². The second-order valence-electron chi connectivity index (χ2n) is 6.37. The van der Waals surface area contributed by atoms with Gasteiger partial charge in [-0.2, -0.15) is 0 Å². The SMILES string of the molecule is CCC(N)C(c1ccc(Br)cc1)N1CCN(C2CC2)CC1. The van der Waals surface area contributed by atoms with Gasteiger partial charge in [0.15, 0.2) is 0 Å². The first-order chi connectivity index (χ1) is 10.2. The maximum Gasteiger partial charge on any atom is 0.0500 e. The Labute approximate surface area is 136 Å². The van der Waals surface area contributed by atoms with E-state index in [2.05, 4.69) is 56.9 Å². The van der Waals surface area contributed by atoms with Crippen molar-refractivity contribution < 1.29 is 0 Å². The van der Waals surface area contributed by atoms with Crippen LogP contribution < -0.4 is 5.73 Å². The number of rotatable bonds is 5. The molecule has 0 bridgehead atoms. The maximum absolute atomic E-state index is 6.46. The first-order valence-electron chi connectivity index (χ1n) is 8.18. The second kappa shape index (κ2) is 6.78. The van der Waals surface area contributed by atoms with E-state index in [1.165, 1.54) is 31.5 Å². The lowest BCUT2D eigenvalue weighted by atomic mass is 9.95. The van der Waals surface area contributed by atoms with Crippen molar-refractivity contribution in [2.75, 3.05) is 26.2 Å². The number of nitrogens with two attached hydrogens (primary N) is 1. The van der Waals surface area contributed by atoms with E-state index in [1.807, 2.05) is 0 Å². The Hall–Kier alpha value is -0.420. The molecule has 2 N–H and O–H groups in total. The predicted octanol–water partition coefficient (Wildman–Crippen LogP) is 3.01. The zero-order valence-electron chi connectivity index (χ0n) is 12.8. The molecule has 1 aliphatic carbocycles. The smallest absolute Gasteiger partial charge is 0.0500 e. The van der Waals surface area contributed by atoms with Gasteiger partial charge in [0.25, 0.3) is 0 Å². The second-order valence-corrected chi connectivity index (χ2v) is 7.29. The Kier molecular flexibility index (Phi) is 4.99. The van der Waals surface area contributed by atoms with Gasteiger partial charge in [0, 0.05) is 48.8 Å². The normalized spacial score (nSPS) is 24.0. The monoisotopic (exact) mass is 351 g/mol. The molecule has 4 heteroatoms. The van der Waals surface area contributed by atoms with Crippen molar-refractivity contribution >= 4 is 15.9 Å². The lowest BCUT2D eigenvalue weighted by Crippen LogP contribution is -2.51. The number of hydrogen-bond donors (Lipinski definition) is 1. The minimum atomic E-state index is 0.207. The highest BCUT2D eigenvalue weighted by Crippen LogP contribution is 2.31. The van der Waals surface area contributed by atoms with E-state index >= 15 is 0 Å². The molecule has 2 aliphatic rings. The molecule has 1 saturated carbocycles. The number of hydrogen-bond acceptors (Lipinski definition) is 3. The molecule has 0 radical (unpaired) electrons. The molecule has 0 amide bonds. The summed E-state index contributed by atoms with van der Waals surface area (Å²) >= 11 is 3.52. The van der Waals surface area contributed by atoms with Crippen LogP contribution in [0.15, 0.2) is 28.7 Å². The first kappa shape index (κ1) is 15.5. The average molecular weight is 352 g/mol. The molecular formula is C17H26BrN3. The van der Waals surface area contributed by atoms with E-state index in [0.717, 1.165) is 30.0 Å². The van der Waals surface area contributed by atoms with Crippen LogP contribution in [0.3, 0.4) is 0 Å². The third-order valence-corrected chi connectivity index (χ3v) is 5.42. The Balaban J connectivity index is 1.71. The van der Waals surface area contributed by atoms with E-state index in [0.29, 0.717) is 6.04 Å². The average Bonchev–Trinajstić information content (AvgIpc) is 3.35. The molecule has 0 spiro atoms. The van der Waals surface area contributed by atoms with Crippen LogP contribution in [0.1, 0.15) is 37.8 Å². The molecular weight excluding hydrogens is 326 g/mol. The highest BCUT2D eigenvalue weighted by Gasteiger charge is 2.34. The summed E-state index contributed by atoms with van der Waals surface area (Å²) in [4.78, 5) is 5.25. The summed E-state index contributed by atoms with van der Waals surface area (Å²) in [6, 6.07) is 10.1. The van der Waals surface area contributed by atoms with Crippen molar-refractivity contribution in [3.05, 3.63) is 34.3 Å². The van der Waals surface area contributed by atoms with Crippen LogP contribution >= 0.6 is 15.9 Å². The fourth-order valence-electron chi connectivity index (χ4n) is 3.43. The molecule has 3 rings (SSSR count). The quantitative estimate of drug-likeness (QED) is 0.884. The van der Waals surface area contributed by atoms with Crippen molar-refractivity contribution in [2.24, 2.45) is 5.73 Å². The van der Waals surface area contributed by atoms with Gasteiger partial charge in [0.05, 0.1) is 0 Å². The largest absolute Gasteiger partial charge is 0.326 e. The van der Waals surface area contributed by atoms with Gasteiger partial charge in [0.1, 0.15) is 0 Å². The molecule has 1 aromatic rings. The first-order valence-corrected chi connectivity index (χ1v) is 8.97. The van der Waals surface area contributed by atoms with Gasteiger partial charge in [-0.25, -0.2) is 0 Å². The number of piperazine rings is 1.